The molecule has 0 radical (unpaired) electrons. The van der Waals surface area contributed by atoms with Crippen molar-refractivity contribution in [3.05, 3.63) is 23.9 Å². The van der Waals surface area contributed by atoms with E-state index in [1.165, 1.54) is 36.2 Å². The zero-order valence-corrected chi connectivity index (χ0v) is 16.4. The average molecular weight is 409 g/mol. The molecule has 0 spiro atoms. The van der Waals surface area contributed by atoms with E-state index in [9.17, 15) is 18.0 Å². The number of anilines is 1. The van der Waals surface area contributed by atoms with Crippen molar-refractivity contribution in [3.63, 3.8) is 0 Å². The zero-order valence-electron chi connectivity index (χ0n) is 16.4. The molecule has 1 aliphatic carbocycles. The lowest BCUT2D eigenvalue weighted by atomic mass is 10.0. The molecule has 158 valence electrons. The highest BCUT2D eigenvalue weighted by molar-refractivity contribution is 5.76. The van der Waals surface area contributed by atoms with Crippen LogP contribution in [0.2, 0.25) is 0 Å². The van der Waals surface area contributed by atoms with Crippen LogP contribution in [0.3, 0.4) is 0 Å². The summed E-state index contributed by atoms with van der Waals surface area (Å²) in [6.07, 6.45) is 3.96. The van der Waals surface area contributed by atoms with Crippen LogP contribution in [0.4, 0.5) is 19.1 Å². The van der Waals surface area contributed by atoms with Gasteiger partial charge in [-0.05, 0) is 30.9 Å². The summed E-state index contributed by atoms with van der Waals surface area (Å²) >= 11 is 0. The molecule has 29 heavy (non-hydrogen) atoms. The molecule has 0 N–H and O–H groups in total. The maximum absolute atomic E-state index is 13.1. The Balaban J connectivity index is 1.42. The van der Waals surface area contributed by atoms with Gasteiger partial charge in [0.25, 0.3) is 0 Å². The van der Waals surface area contributed by atoms with E-state index in [2.05, 4.69) is 10.2 Å². The minimum absolute atomic E-state index is 0.184. The standard InChI is InChI=1S/C20H26F3N5O/c21-20(22,23)16-7-8-17-24-25-19(28(17)14-16)27-11-3-10-26(12-13-27)18(29)9-6-15-4-1-2-5-15/h7-8,14-15H,1-6,9-13H2. The maximum atomic E-state index is 13.1. The Bertz CT molecular complexity index is 859. The summed E-state index contributed by atoms with van der Waals surface area (Å²) in [5, 5.41) is 8.11. The maximum Gasteiger partial charge on any atom is 0.417 e. The number of aromatic nitrogens is 3. The summed E-state index contributed by atoms with van der Waals surface area (Å²) in [5.41, 5.74) is -0.355. The predicted octanol–water partition coefficient (Wildman–Crippen LogP) is 3.76. The third-order valence-electron chi connectivity index (χ3n) is 6.08. The monoisotopic (exact) mass is 409 g/mol. The van der Waals surface area contributed by atoms with Crippen LogP contribution < -0.4 is 4.90 Å². The topological polar surface area (TPSA) is 53.7 Å². The second kappa shape index (κ2) is 8.20. The van der Waals surface area contributed by atoms with Crippen molar-refractivity contribution in [2.24, 2.45) is 5.92 Å². The fourth-order valence-corrected chi connectivity index (χ4v) is 4.41. The molecule has 1 saturated carbocycles. The molecule has 4 rings (SSSR count). The van der Waals surface area contributed by atoms with E-state index in [0.717, 1.165) is 25.1 Å². The molecule has 0 bridgehead atoms. The first-order valence-electron chi connectivity index (χ1n) is 10.4. The van der Waals surface area contributed by atoms with Crippen molar-refractivity contribution in [1.82, 2.24) is 19.5 Å². The number of pyridine rings is 1. The van der Waals surface area contributed by atoms with Gasteiger partial charge in [-0.1, -0.05) is 25.7 Å². The number of hydrogen-bond donors (Lipinski definition) is 0. The lowest BCUT2D eigenvalue weighted by molar-refractivity contribution is -0.138. The van der Waals surface area contributed by atoms with Gasteiger partial charge in [0.1, 0.15) is 0 Å². The van der Waals surface area contributed by atoms with Gasteiger partial charge < -0.3 is 9.80 Å². The van der Waals surface area contributed by atoms with E-state index < -0.39 is 11.7 Å². The smallest absolute Gasteiger partial charge is 0.341 e. The number of hydrogen-bond acceptors (Lipinski definition) is 4. The van der Waals surface area contributed by atoms with Crippen molar-refractivity contribution in [2.75, 3.05) is 31.1 Å². The fourth-order valence-electron chi connectivity index (χ4n) is 4.41. The van der Waals surface area contributed by atoms with Gasteiger partial charge in [-0.15, -0.1) is 10.2 Å². The Morgan fingerprint density at radius 2 is 1.83 bits per heavy atom. The van der Waals surface area contributed by atoms with Crippen molar-refractivity contribution in [1.29, 1.82) is 0 Å². The van der Waals surface area contributed by atoms with Crippen LogP contribution in [0.15, 0.2) is 18.3 Å². The van der Waals surface area contributed by atoms with Crippen LogP contribution >= 0.6 is 0 Å². The molecular formula is C20H26F3N5O. The average Bonchev–Trinajstić information content (AvgIpc) is 3.29. The molecular weight excluding hydrogens is 383 g/mol. The third kappa shape index (κ3) is 4.48. The van der Waals surface area contributed by atoms with E-state index >= 15 is 0 Å². The van der Waals surface area contributed by atoms with E-state index in [0.29, 0.717) is 50.1 Å². The minimum Gasteiger partial charge on any atom is -0.341 e. The summed E-state index contributed by atoms with van der Waals surface area (Å²) in [6, 6.07) is 2.34. The van der Waals surface area contributed by atoms with Crippen molar-refractivity contribution in [3.8, 4) is 0 Å². The normalized spacial score (nSPS) is 19.1. The van der Waals surface area contributed by atoms with Crippen LogP contribution in [0.25, 0.3) is 5.65 Å². The van der Waals surface area contributed by atoms with Crippen LogP contribution in [0.5, 0.6) is 0 Å². The minimum atomic E-state index is -4.42. The van der Waals surface area contributed by atoms with Crippen LogP contribution in [0, 0.1) is 5.92 Å². The van der Waals surface area contributed by atoms with Crippen LogP contribution in [-0.4, -0.2) is 51.6 Å². The molecule has 9 heteroatoms. The van der Waals surface area contributed by atoms with Crippen molar-refractivity contribution in [2.45, 2.75) is 51.1 Å². The number of alkyl halides is 3. The first kappa shape index (κ1) is 20.0. The van der Waals surface area contributed by atoms with Crippen LogP contribution in [-0.2, 0) is 11.0 Å². The molecule has 2 aromatic rings. The Morgan fingerprint density at radius 1 is 1.03 bits per heavy atom. The third-order valence-corrected chi connectivity index (χ3v) is 6.08. The highest BCUT2D eigenvalue weighted by Crippen LogP contribution is 2.30. The molecule has 2 aromatic heterocycles. The molecule has 6 nitrogen and oxygen atoms in total. The SMILES string of the molecule is O=C(CCC1CCCC1)N1CCCN(c2nnc3ccc(C(F)(F)F)cn23)CC1. The summed E-state index contributed by atoms with van der Waals surface area (Å²) in [6.45, 7) is 2.39. The predicted molar refractivity (Wildman–Crippen MR) is 103 cm³/mol. The molecule has 1 saturated heterocycles. The molecule has 1 amide bonds. The Hall–Kier alpha value is -2.32. The van der Waals surface area contributed by atoms with Gasteiger partial charge in [0.15, 0.2) is 5.65 Å². The zero-order chi connectivity index (χ0) is 20.4. The number of rotatable bonds is 4. The van der Waals surface area contributed by atoms with Gasteiger partial charge in [-0.25, -0.2) is 0 Å². The van der Waals surface area contributed by atoms with E-state index in [-0.39, 0.29) is 5.91 Å². The lowest BCUT2D eigenvalue weighted by Crippen LogP contribution is -2.35. The largest absolute Gasteiger partial charge is 0.417 e. The van der Waals surface area contributed by atoms with Crippen molar-refractivity contribution >= 4 is 17.5 Å². The molecule has 0 aromatic carbocycles. The highest BCUT2D eigenvalue weighted by atomic mass is 19.4. The summed E-state index contributed by atoms with van der Waals surface area (Å²) in [7, 11) is 0. The van der Waals surface area contributed by atoms with Crippen molar-refractivity contribution < 1.29 is 18.0 Å². The number of halogens is 3. The summed E-state index contributed by atoms with van der Waals surface area (Å²) in [5.74, 6) is 1.27. The fraction of sp³-hybridized carbons (Fsp3) is 0.650. The van der Waals surface area contributed by atoms with E-state index in [4.69, 9.17) is 0 Å². The van der Waals surface area contributed by atoms with Gasteiger partial charge in [0.2, 0.25) is 11.9 Å². The molecule has 0 atom stereocenters. The van der Waals surface area contributed by atoms with Gasteiger partial charge >= 0.3 is 6.18 Å². The number of carbonyl (C=O) groups excluding carboxylic acids is 1. The van der Waals surface area contributed by atoms with Gasteiger partial charge in [0, 0.05) is 38.8 Å². The summed E-state index contributed by atoms with van der Waals surface area (Å²) < 4.78 is 40.6. The van der Waals surface area contributed by atoms with Crippen LogP contribution in [0.1, 0.15) is 50.5 Å². The Labute approximate surface area is 167 Å². The van der Waals surface area contributed by atoms with Gasteiger partial charge in [-0.2, -0.15) is 13.2 Å². The molecule has 0 unspecified atom stereocenters. The first-order chi connectivity index (χ1) is 13.9. The second-order valence-electron chi connectivity index (χ2n) is 8.05. The quantitative estimate of drug-likeness (QED) is 0.772. The van der Waals surface area contributed by atoms with Gasteiger partial charge in [-0.3, -0.25) is 9.20 Å². The lowest BCUT2D eigenvalue weighted by Gasteiger charge is -2.22. The number of carbonyl (C=O) groups is 1. The van der Waals surface area contributed by atoms with E-state index in [1.807, 2.05) is 9.80 Å². The Kier molecular flexibility index (Phi) is 5.65. The summed E-state index contributed by atoms with van der Waals surface area (Å²) in [4.78, 5) is 16.4. The molecule has 1 aliphatic heterocycles. The number of amides is 1. The number of fused-ring (bicyclic) bond motifs is 1. The Morgan fingerprint density at radius 3 is 2.59 bits per heavy atom. The van der Waals surface area contributed by atoms with Gasteiger partial charge in [0.05, 0.1) is 5.56 Å². The number of nitrogens with zero attached hydrogens (tertiary/aromatic N) is 5. The molecule has 2 aliphatic rings. The van der Waals surface area contributed by atoms with E-state index in [1.54, 1.807) is 0 Å². The molecule has 3 heterocycles. The second-order valence-corrected chi connectivity index (χ2v) is 8.05. The highest BCUT2D eigenvalue weighted by Gasteiger charge is 2.31. The first-order valence-corrected chi connectivity index (χ1v) is 10.4. The molecule has 2 fully saturated rings.